The molecule has 33 heavy (non-hydrogen) atoms. The van der Waals surface area contributed by atoms with Gasteiger partial charge in [0.15, 0.2) is 0 Å². The molecule has 0 unspecified atom stereocenters. The molecule has 1 amide bonds. The third kappa shape index (κ3) is 6.90. The van der Waals surface area contributed by atoms with Gasteiger partial charge in [0.1, 0.15) is 5.60 Å². The van der Waals surface area contributed by atoms with E-state index in [9.17, 15) is 9.18 Å². The molecule has 0 aromatic heterocycles. The van der Waals surface area contributed by atoms with E-state index in [0.29, 0.717) is 6.42 Å². The highest BCUT2D eigenvalue weighted by Gasteiger charge is 2.50. The SMILES string of the molecule is CC[C@H](CF)[C@@H](CO[Si](c1ccccc1)(c1ccccc1)C(C)(C)C)NC(=O)OC(C)(C)C. The average molecular weight is 474 g/mol. The van der Waals surface area contributed by atoms with Gasteiger partial charge in [0.05, 0.1) is 19.3 Å². The van der Waals surface area contributed by atoms with E-state index in [1.54, 1.807) is 0 Å². The van der Waals surface area contributed by atoms with Gasteiger partial charge < -0.3 is 14.5 Å². The first-order chi connectivity index (χ1) is 15.4. The summed E-state index contributed by atoms with van der Waals surface area (Å²) in [5.74, 6) is -0.365. The summed E-state index contributed by atoms with van der Waals surface area (Å²) in [6.45, 7) is 13.6. The van der Waals surface area contributed by atoms with Crippen LogP contribution in [-0.4, -0.2) is 39.3 Å². The number of hydrogen-bond donors (Lipinski definition) is 1. The number of ether oxygens (including phenoxy) is 1. The molecule has 0 aliphatic heterocycles. The van der Waals surface area contributed by atoms with E-state index in [1.165, 1.54) is 0 Å². The van der Waals surface area contributed by atoms with Crippen molar-refractivity contribution in [3.05, 3.63) is 60.7 Å². The maximum Gasteiger partial charge on any atom is 0.407 e. The van der Waals surface area contributed by atoms with Crippen molar-refractivity contribution >= 4 is 24.8 Å². The Morgan fingerprint density at radius 1 is 0.939 bits per heavy atom. The van der Waals surface area contributed by atoms with E-state index in [4.69, 9.17) is 9.16 Å². The van der Waals surface area contributed by atoms with Crippen LogP contribution in [0.1, 0.15) is 54.9 Å². The van der Waals surface area contributed by atoms with Gasteiger partial charge in [0, 0.05) is 5.92 Å². The van der Waals surface area contributed by atoms with Gasteiger partial charge in [-0.15, -0.1) is 0 Å². The van der Waals surface area contributed by atoms with Gasteiger partial charge in [0.25, 0.3) is 8.32 Å². The lowest BCUT2D eigenvalue weighted by Crippen LogP contribution is -2.67. The molecule has 2 atom stereocenters. The molecule has 0 saturated heterocycles. The molecule has 1 N–H and O–H groups in total. The molecular weight excluding hydrogens is 433 g/mol. The number of carbonyl (C=O) groups excluding carboxylic acids is 1. The number of rotatable bonds is 9. The van der Waals surface area contributed by atoms with Crippen molar-refractivity contribution < 1.29 is 18.3 Å². The highest BCUT2D eigenvalue weighted by molar-refractivity contribution is 6.99. The van der Waals surface area contributed by atoms with E-state index in [0.717, 1.165) is 10.4 Å². The van der Waals surface area contributed by atoms with Crippen LogP contribution < -0.4 is 15.7 Å². The summed E-state index contributed by atoms with van der Waals surface area (Å²) in [6.07, 6.45) is 0.0339. The summed E-state index contributed by atoms with van der Waals surface area (Å²) in [7, 11) is -2.80. The minimum absolute atomic E-state index is 0.203. The fourth-order valence-corrected chi connectivity index (χ4v) is 8.82. The summed E-state index contributed by atoms with van der Waals surface area (Å²) in [6, 6.07) is 20.1. The van der Waals surface area contributed by atoms with Crippen LogP contribution in [0.3, 0.4) is 0 Å². The van der Waals surface area contributed by atoms with Crippen molar-refractivity contribution in [3.8, 4) is 0 Å². The standard InChI is InChI=1S/C27H40FNO3Si/c1-8-21(19-28)24(29-25(30)32-26(2,3)4)20-31-33(27(5,6)7,22-15-11-9-12-16-22)23-17-13-10-14-18-23/h9-18,21,24H,8,19-20H2,1-7H3,(H,29,30)/t21-,24-/m1/s1. The van der Waals surface area contributed by atoms with Crippen LogP contribution in [0, 0.1) is 5.92 Å². The maximum atomic E-state index is 14.0. The first kappa shape index (κ1) is 27.1. The van der Waals surface area contributed by atoms with E-state index >= 15 is 0 Å². The largest absolute Gasteiger partial charge is 0.444 e. The number of carbonyl (C=O) groups is 1. The second-order valence-electron chi connectivity index (χ2n) is 10.5. The van der Waals surface area contributed by atoms with Gasteiger partial charge in [-0.2, -0.15) is 0 Å². The molecular formula is C27H40FNO3Si. The average Bonchev–Trinajstić information content (AvgIpc) is 2.74. The molecule has 0 aliphatic rings. The van der Waals surface area contributed by atoms with Gasteiger partial charge in [-0.05, 0) is 42.6 Å². The molecule has 2 rings (SSSR count). The zero-order valence-corrected chi connectivity index (χ0v) is 22.2. The fourth-order valence-electron chi connectivity index (χ4n) is 4.23. The monoisotopic (exact) mass is 473 g/mol. The van der Waals surface area contributed by atoms with Crippen molar-refractivity contribution in [2.24, 2.45) is 5.92 Å². The number of benzene rings is 2. The first-order valence-electron chi connectivity index (χ1n) is 11.7. The van der Waals surface area contributed by atoms with Gasteiger partial charge in [-0.1, -0.05) is 88.4 Å². The van der Waals surface area contributed by atoms with Gasteiger partial charge in [-0.25, -0.2) is 4.79 Å². The second kappa shape index (κ2) is 11.3. The Bertz CT molecular complexity index is 819. The van der Waals surface area contributed by atoms with E-state index in [2.05, 4.69) is 50.4 Å². The molecule has 4 nitrogen and oxygen atoms in total. The molecule has 0 bridgehead atoms. The molecule has 0 heterocycles. The Balaban J connectivity index is 2.48. The highest BCUT2D eigenvalue weighted by Crippen LogP contribution is 2.37. The van der Waals surface area contributed by atoms with Gasteiger partial charge in [0.2, 0.25) is 0 Å². The van der Waals surface area contributed by atoms with Crippen molar-refractivity contribution in [3.63, 3.8) is 0 Å². The highest BCUT2D eigenvalue weighted by atomic mass is 28.4. The summed E-state index contributed by atoms with van der Waals surface area (Å²) in [5.41, 5.74) is -0.634. The van der Waals surface area contributed by atoms with Crippen molar-refractivity contribution in [1.29, 1.82) is 0 Å². The molecule has 0 saturated carbocycles. The predicted molar refractivity (Wildman–Crippen MR) is 136 cm³/mol. The van der Waals surface area contributed by atoms with Crippen molar-refractivity contribution in [2.75, 3.05) is 13.3 Å². The summed E-state index contributed by atoms with van der Waals surface area (Å²) in [5, 5.41) is 4.99. The van der Waals surface area contributed by atoms with Crippen molar-refractivity contribution in [2.45, 2.75) is 71.6 Å². The molecule has 2 aromatic rings. The Kier molecular flexibility index (Phi) is 9.26. The zero-order chi connectivity index (χ0) is 24.7. The third-order valence-corrected chi connectivity index (χ3v) is 10.9. The molecule has 0 aliphatic carbocycles. The zero-order valence-electron chi connectivity index (χ0n) is 21.2. The van der Waals surface area contributed by atoms with Crippen molar-refractivity contribution in [1.82, 2.24) is 5.32 Å². The smallest absolute Gasteiger partial charge is 0.407 e. The number of hydrogen-bond acceptors (Lipinski definition) is 3. The Labute approximate surface area is 200 Å². The molecule has 2 aromatic carbocycles. The van der Waals surface area contributed by atoms with Crippen LogP contribution in [0.2, 0.25) is 5.04 Å². The van der Waals surface area contributed by atoms with Crippen LogP contribution in [-0.2, 0) is 9.16 Å². The number of alkyl halides is 1. The van der Waals surface area contributed by atoms with E-state index < -0.39 is 32.7 Å². The Morgan fingerprint density at radius 3 is 1.79 bits per heavy atom. The Morgan fingerprint density at radius 2 is 1.42 bits per heavy atom. The van der Waals surface area contributed by atoms with Crippen LogP contribution in [0.4, 0.5) is 9.18 Å². The number of alkyl carbamates (subject to hydrolysis) is 1. The summed E-state index contributed by atoms with van der Waals surface area (Å²) >= 11 is 0. The molecule has 0 fully saturated rings. The maximum absolute atomic E-state index is 14.0. The predicted octanol–water partition coefficient (Wildman–Crippen LogP) is 5.45. The number of halogens is 1. The molecule has 0 radical (unpaired) electrons. The minimum Gasteiger partial charge on any atom is -0.444 e. The van der Waals surface area contributed by atoms with Crippen LogP contribution in [0.5, 0.6) is 0 Å². The topological polar surface area (TPSA) is 47.6 Å². The summed E-state index contributed by atoms with van der Waals surface area (Å²) < 4.78 is 26.4. The quantitative estimate of drug-likeness (QED) is 0.493. The fraction of sp³-hybridized carbons (Fsp3) is 0.519. The minimum atomic E-state index is -2.80. The summed E-state index contributed by atoms with van der Waals surface area (Å²) in [4.78, 5) is 12.6. The van der Waals surface area contributed by atoms with Crippen LogP contribution in [0.15, 0.2) is 60.7 Å². The lowest BCUT2D eigenvalue weighted by atomic mass is 9.99. The first-order valence-corrected chi connectivity index (χ1v) is 13.7. The number of nitrogens with one attached hydrogen (secondary N) is 1. The number of amides is 1. The molecule has 182 valence electrons. The van der Waals surface area contributed by atoms with E-state index in [-0.39, 0.29) is 17.6 Å². The third-order valence-electron chi connectivity index (χ3n) is 5.89. The van der Waals surface area contributed by atoms with Crippen LogP contribution >= 0.6 is 0 Å². The second-order valence-corrected chi connectivity index (χ2v) is 14.9. The van der Waals surface area contributed by atoms with E-state index in [1.807, 2.05) is 64.1 Å². The molecule has 0 spiro atoms. The van der Waals surface area contributed by atoms with Gasteiger partial charge >= 0.3 is 6.09 Å². The lowest BCUT2D eigenvalue weighted by molar-refractivity contribution is 0.0449. The molecule has 6 heteroatoms. The lowest BCUT2D eigenvalue weighted by Gasteiger charge is -2.44. The van der Waals surface area contributed by atoms with Crippen LogP contribution in [0.25, 0.3) is 0 Å². The normalized spacial score (nSPS) is 14.4. The Hall–Kier alpha value is -2.18. The van der Waals surface area contributed by atoms with Gasteiger partial charge in [-0.3, -0.25) is 4.39 Å².